The number of hydrogen-bond donors (Lipinski definition) is 1. The molecule has 0 aliphatic carbocycles. The van der Waals surface area contributed by atoms with Gasteiger partial charge in [0, 0.05) is 68.0 Å². The first-order valence-electron chi connectivity index (χ1n) is 12.8. The number of nitrogens with one attached hydrogen (secondary N) is 1. The van der Waals surface area contributed by atoms with Crippen LogP contribution < -0.4 is 0 Å². The van der Waals surface area contributed by atoms with E-state index in [9.17, 15) is 27.6 Å². The molecule has 9 nitrogen and oxygen atoms in total. The minimum atomic E-state index is -4.98. The maximum absolute atomic E-state index is 14.5. The van der Waals surface area contributed by atoms with E-state index in [2.05, 4.69) is 35.5 Å². The van der Waals surface area contributed by atoms with E-state index in [1.807, 2.05) is 30.7 Å². The summed E-state index contributed by atoms with van der Waals surface area (Å²) in [6, 6.07) is 7.34. The van der Waals surface area contributed by atoms with Crippen molar-refractivity contribution in [3.8, 4) is 17.3 Å². The first-order valence-corrected chi connectivity index (χ1v) is 12.8. The van der Waals surface area contributed by atoms with Crippen molar-refractivity contribution in [2.45, 2.75) is 37.0 Å². The van der Waals surface area contributed by atoms with Gasteiger partial charge in [0.1, 0.15) is 12.0 Å². The van der Waals surface area contributed by atoms with E-state index < -0.39 is 34.7 Å². The summed E-state index contributed by atoms with van der Waals surface area (Å²) in [4.78, 5) is 31.3. The zero-order valence-corrected chi connectivity index (χ0v) is 21.2. The van der Waals surface area contributed by atoms with Crippen LogP contribution in [0.4, 0.5) is 17.6 Å². The second kappa shape index (κ2) is 9.71. The van der Waals surface area contributed by atoms with Crippen LogP contribution in [0.1, 0.15) is 35.3 Å². The highest BCUT2D eigenvalue weighted by Crippen LogP contribution is 2.38. The van der Waals surface area contributed by atoms with Crippen LogP contribution in [0.15, 0.2) is 49.3 Å². The van der Waals surface area contributed by atoms with Crippen LogP contribution in [0.3, 0.4) is 0 Å². The number of fused-ring (bicyclic) bond motifs is 1. The number of pyridine rings is 1. The first-order chi connectivity index (χ1) is 19.2. The van der Waals surface area contributed by atoms with Crippen LogP contribution >= 0.6 is 0 Å². The quantitative estimate of drug-likeness (QED) is 0.372. The molecule has 40 heavy (non-hydrogen) atoms. The number of nitrogens with zero attached hydrogens (tertiary/aromatic N) is 7. The van der Waals surface area contributed by atoms with Gasteiger partial charge in [-0.1, -0.05) is 0 Å². The lowest BCUT2D eigenvalue weighted by atomic mass is 9.83. The standard InChI is InChI=1S/C27H24F4N8O/c28-21-19(1-8-33-23(21)27(29,30)31)25(40)37-10-4-18(5-11-37)38-14-26(15-38,6-7-32)39-12-3-17(13-39)22-20-2-9-34-24(20)36-16-35-22/h1-3,8-9,12-13,16,18H,4-6,10-11,14-15H2,(H,34,35,36). The van der Waals surface area contributed by atoms with Crippen molar-refractivity contribution in [3.63, 3.8) is 0 Å². The fraction of sp³-hybridized carbons (Fsp3) is 0.370. The number of alkyl halides is 3. The topological polar surface area (TPSA) is 107 Å². The van der Waals surface area contributed by atoms with Gasteiger partial charge in [-0.15, -0.1) is 0 Å². The molecule has 0 radical (unpaired) electrons. The van der Waals surface area contributed by atoms with Crippen molar-refractivity contribution in [2.24, 2.45) is 0 Å². The summed E-state index contributed by atoms with van der Waals surface area (Å²) in [5.74, 6) is -2.41. The fourth-order valence-corrected chi connectivity index (χ4v) is 5.83. The summed E-state index contributed by atoms with van der Waals surface area (Å²) in [5.41, 5.74) is -0.241. The molecule has 0 spiro atoms. The van der Waals surface area contributed by atoms with E-state index in [4.69, 9.17) is 0 Å². The molecule has 206 valence electrons. The third kappa shape index (κ3) is 4.38. The SMILES string of the molecule is N#CCC1(n2ccc(-c3ncnc4[nH]ccc34)c2)CN(C2CCN(C(=O)c3ccnc(C(F)(F)F)c3F)CC2)C1. The number of nitriles is 1. The molecule has 6 heterocycles. The van der Waals surface area contributed by atoms with Gasteiger partial charge in [0.15, 0.2) is 11.5 Å². The molecule has 6 rings (SSSR count). The van der Waals surface area contributed by atoms with Gasteiger partial charge in [-0.25, -0.2) is 19.3 Å². The molecular formula is C27H24F4N8O. The molecule has 1 N–H and O–H groups in total. The fourth-order valence-electron chi connectivity index (χ4n) is 5.83. The first kappa shape index (κ1) is 25.9. The van der Waals surface area contributed by atoms with Gasteiger partial charge >= 0.3 is 6.18 Å². The molecular weight excluding hydrogens is 528 g/mol. The van der Waals surface area contributed by atoms with Crippen molar-refractivity contribution in [1.82, 2.24) is 34.3 Å². The van der Waals surface area contributed by atoms with E-state index >= 15 is 0 Å². The number of carbonyl (C=O) groups is 1. The Labute approximate surface area is 226 Å². The molecule has 13 heteroatoms. The Kier molecular flexibility index (Phi) is 6.29. The Bertz CT molecular complexity index is 1610. The lowest BCUT2D eigenvalue weighted by molar-refractivity contribution is -0.143. The van der Waals surface area contributed by atoms with Crippen LogP contribution in [-0.2, 0) is 11.7 Å². The predicted octanol–water partition coefficient (Wildman–Crippen LogP) is 4.21. The molecule has 0 aromatic carbocycles. The highest BCUT2D eigenvalue weighted by molar-refractivity contribution is 5.94. The smallest absolute Gasteiger partial charge is 0.346 e. The van der Waals surface area contributed by atoms with Gasteiger partial charge in [0.25, 0.3) is 5.91 Å². The number of hydrogen-bond acceptors (Lipinski definition) is 6. The van der Waals surface area contributed by atoms with Crippen LogP contribution in [0.2, 0.25) is 0 Å². The maximum Gasteiger partial charge on any atom is 0.436 e. The van der Waals surface area contributed by atoms with Crippen LogP contribution in [0.25, 0.3) is 22.3 Å². The van der Waals surface area contributed by atoms with Gasteiger partial charge in [-0.05, 0) is 31.0 Å². The van der Waals surface area contributed by atoms with Crippen molar-refractivity contribution in [1.29, 1.82) is 5.26 Å². The summed E-state index contributed by atoms with van der Waals surface area (Å²) >= 11 is 0. The monoisotopic (exact) mass is 552 g/mol. The molecule has 4 aromatic heterocycles. The normalized spacial score (nSPS) is 18.0. The van der Waals surface area contributed by atoms with Gasteiger partial charge in [0.2, 0.25) is 0 Å². The Morgan fingerprint density at radius 3 is 2.65 bits per heavy atom. The van der Waals surface area contributed by atoms with Crippen molar-refractivity contribution >= 4 is 16.9 Å². The third-order valence-corrected chi connectivity index (χ3v) is 7.93. The largest absolute Gasteiger partial charge is 0.436 e. The zero-order valence-electron chi connectivity index (χ0n) is 21.2. The molecule has 0 atom stereocenters. The van der Waals surface area contributed by atoms with E-state index in [-0.39, 0.29) is 6.04 Å². The summed E-state index contributed by atoms with van der Waals surface area (Å²) in [7, 11) is 0. The van der Waals surface area contributed by atoms with Gasteiger partial charge in [-0.2, -0.15) is 18.4 Å². The van der Waals surface area contributed by atoms with Gasteiger partial charge in [0.05, 0.1) is 29.3 Å². The Morgan fingerprint density at radius 1 is 1.15 bits per heavy atom. The number of aromatic nitrogens is 5. The summed E-state index contributed by atoms with van der Waals surface area (Å²) in [6.07, 6.45) is 4.62. The molecule has 2 aliphatic heterocycles. The van der Waals surface area contributed by atoms with E-state index in [0.29, 0.717) is 45.4 Å². The average Bonchev–Trinajstić information content (AvgIpc) is 3.60. The number of carbonyl (C=O) groups excluding carboxylic acids is 1. The van der Waals surface area contributed by atoms with Crippen LogP contribution in [0.5, 0.6) is 0 Å². The van der Waals surface area contributed by atoms with Crippen LogP contribution in [-0.4, -0.2) is 72.4 Å². The number of halogens is 4. The Balaban J connectivity index is 1.12. The third-order valence-electron chi connectivity index (χ3n) is 7.93. The number of amides is 1. The number of piperidine rings is 1. The number of H-pyrrole nitrogens is 1. The number of likely N-dealkylation sites (tertiary alicyclic amines) is 2. The van der Waals surface area contributed by atoms with Gasteiger partial charge in [-0.3, -0.25) is 9.69 Å². The predicted molar refractivity (Wildman–Crippen MR) is 135 cm³/mol. The second-order valence-corrected chi connectivity index (χ2v) is 10.3. The molecule has 4 aromatic rings. The molecule has 1 amide bonds. The van der Waals surface area contributed by atoms with Crippen molar-refractivity contribution in [3.05, 3.63) is 66.4 Å². The average molecular weight is 553 g/mol. The Morgan fingerprint density at radius 2 is 1.93 bits per heavy atom. The Hall–Kier alpha value is -4.31. The molecule has 2 fully saturated rings. The van der Waals surface area contributed by atoms with Crippen LogP contribution in [0, 0.1) is 17.1 Å². The van der Waals surface area contributed by atoms with Gasteiger partial charge < -0.3 is 14.5 Å². The number of aromatic amines is 1. The maximum atomic E-state index is 14.5. The van der Waals surface area contributed by atoms with E-state index in [1.165, 1.54) is 11.2 Å². The zero-order chi connectivity index (χ0) is 28.1. The minimum absolute atomic E-state index is 0.139. The lowest BCUT2D eigenvalue weighted by Crippen LogP contribution is -2.66. The van der Waals surface area contributed by atoms with Crippen molar-refractivity contribution in [2.75, 3.05) is 26.2 Å². The summed E-state index contributed by atoms with van der Waals surface area (Å²) in [5, 5.41) is 10.5. The van der Waals surface area contributed by atoms with Crippen molar-refractivity contribution < 1.29 is 22.4 Å². The molecule has 0 saturated carbocycles. The molecule has 2 aliphatic rings. The van der Waals surface area contributed by atoms with E-state index in [1.54, 1.807) is 0 Å². The minimum Gasteiger partial charge on any atom is -0.346 e. The highest BCUT2D eigenvalue weighted by Gasteiger charge is 2.47. The molecule has 0 bridgehead atoms. The summed E-state index contributed by atoms with van der Waals surface area (Å²) in [6.45, 7) is 1.87. The highest BCUT2D eigenvalue weighted by atomic mass is 19.4. The molecule has 2 saturated heterocycles. The lowest BCUT2D eigenvalue weighted by Gasteiger charge is -2.54. The molecule has 0 unspecified atom stereocenters. The van der Waals surface area contributed by atoms with E-state index in [0.717, 1.165) is 34.6 Å². The second-order valence-electron chi connectivity index (χ2n) is 10.3. The summed E-state index contributed by atoms with van der Waals surface area (Å²) < 4.78 is 55.6. The number of rotatable bonds is 5.